The third kappa shape index (κ3) is 4.74. The molecule has 0 radical (unpaired) electrons. The molecule has 0 saturated heterocycles. The van der Waals surface area contributed by atoms with Gasteiger partial charge in [0.25, 0.3) is 0 Å². The first-order valence-corrected chi connectivity index (χ1v) is 9.13. The van der Waals surface area contributed by atoms with Gasteiger partial charge in [0.05, 0.1) is 5.25 Å². The number of aryl methyl sites for hydroxylation is 1. The second-order valence-electron chi connectivity index (χ2n) is 5.78. The molecule has 0 unspecified atom stereocenters. The minimum absolute atomic E-state index is 0.0797. The van der Waals surface area contributed by atoms with E-state index in [1.807, 2.05) is 31.2 Å². The smallest absolute Gasteiger partial charge is 0.319 e. The average Bonchev–Trinajstić information content (AvgIpc) is 2.41. The zero-order valence-corrected chi connectivity index (χ0v) is 13.2. The maximum Gasteiger partial charge on any atom is 0.319 e. The van der Waals surface area contributed by atoms with E-state index in [9.17, 15) is 13.2 Å². The van der Waals surface area contributed by atoms with Gasteiger partial charge in [0.15, 0.2) is 0 Å². The van der Waals surface area contributed by atoms with Crippen LogP contribution in [-0.4, -0.2) is 32.0 Å². The molecular weight excluding hydrogens is 288 g/mol. The molecule has 21 heavy (non-hydrogen) atoms. The molecule has 1 aliphatic carbocycles. The summed E-state index contributed by atoms with van der Waals surface area (Å²) in [6.45, 7) is 1.98. The highest BCUT2D eigenvalue weighted by Crippen LogP contribution is 2.24. The standard InChI is InChI=1S/C15H22N2O3S/c1-11-6-8-12(9-7-11)16-15(18)17-13-4-3-5-14(10-13)21(2,19)20/h6-9,13-14H,3-5,10H2,1-2H3,(H2,16,17,18)/t13-,14-/m1/s1. The fourth-order valence-corrected chi connectivity index (χ4v) is 3.83. The third-order valence-corrected chi connectivity index (χ3v) is 5.52. The Labute approximate surface area is 126 Å². The average molecular weight is 310 g/mol. The van der Waals surface area contributed by atoms with Crippen LogP contribution in [0.25, 0.3) is 0 Å². The van der Waals surface area contributed by atoms with Crippen LogP contribution in [0.4, 0.5) is 10.5 Å². The number of hydrogen-bond acceptors (Lipinski definition) is 3. The van der Waals surface area contributed by atoms with Crippen LogP contribution in [0, 0.1) is 6.92 Å². The number of nitrogens with one attached hydrogen (secondary N) is 2. The van der Waals surface area contributed by atoms with Crippen molar-refractivity contribution in [2.24, 2.45) is 0 Å². The van der Waals surface area contributed by atoms with Gasteiger partial charge >= 0.3 is 6.03 Å². The highest BCUT2D eigenvalue weighted by Gasteiger charge is 2.29. The van der Waals surface area contributed by atoms with Gasteiger partial charge in [-0.05, 0) is 38.3 Å². The first-order chi connectivity index (χ1) is 9.84. The molecule has 1 fully saturated rings. The van der Waals surface area contributed by atoms with Crippen molar-refractivity contribution in [3.8, 4) is 0 Å². The highest BCUT2D eigenvalue weighted by molar-refractivity contribution is 7.91. The number of hydrogen-bond donors (Lipinski definition) is 2. The third-order valence-electron chi connectivity index (χ3n) is 3.88. The van der Waals surface area contributed by atoms with Gasteiger partial charge in [-0.25, -0.2) is 13.2 Å². The van der Waals surface area contributed by atoms with Gasteiger partial charge < -0.3 is 10.6 Å². The van der Waals surface area contributed by atoms with Crippen LogP contribution in [0.15, 0.2) is 24.3 Å². The number of anilines is 1. The molecule has 1 aromatic carbocycles. The van der Waals surface area contributed by atoms with Gasteiger partial charge in [-0.3, -0.25) is 0 Å². The molecule has 6 heteroatoms. The Morgan fingerprint density at radius 2 is 1.86 bits per heavy atom. The molecule has 1 aromatic rings. The van der Waals surface area contributed by atoms with E-state index < -0.39 is 9.84 Å². The van der Waals surface area contributed by atoms with Gasteiger partial charge in [0.2, 0.25) is 0 Å². The Balaban J connectivity index is 1.89. The van der Waals surface area contributed by atoms with Gasteiger partial charge in [0, 0.05) is 18.0 Å². The summed E-state index contributed by atoms with van der Waals surface area (Å²) in [5.41, 5.74) is 1.86. The summed E-state index contributed by atoms with van der Waals surface area (Å²) in [4.78, 5) is 12.0. The molecule has 2 N–H and O–H groups in total. The number of urea groups is 1. The summed E-state index contributed by atoms with van der Waals surface area (Å²) in [6.07, 6.45) is 4.11. The second-order valence-corrected chi connectivity index (χ2v) is 8.11. The number of carbonyl (C=O) groups is 1. The zero-order valence-electron chi connectivity index (χ0n) is 12.4. The maximum atomic E-state index is 12.0. The Hall–Kier alpha value is -1.56. The number of rotatable bonds is 3. The normalized spacial score (nSPS) is 22.6. The predicted molar refractivity (Wildman–Crippen MR) is 84.2 cm³/mol. The lowest BCUT2D eigenvalue weighted by Crippen LogP contribution is -2.43. The van der Waals surface area contributed by atoms with E-state index >= 15 is 0 Å². The molecule has 5 nitrogen and oxygen atoms in total. The van der Waals surface area contributed by atoms with Crippen LogP contribution < -0.4 is 10.6 Å². The summed E-state index contributed by atoms with van der Waals surface area (Å²) in [7, 11) is -3.03. The first kappa shape index (κ1) is 15.8. The molecule has 2 atom stereocenters. The number of sulfone groups is 1. The van der Waals surface area contributed by atoms with Gasteiger partial charge in [-0.2, -0.15) is 0 Å². The molecule has 0 aliphatic heterocycles. The quantitative estimate of drug-likeness (QED) is 0.900. The van der Waals surface area contributed by atoms with E-state index in [0.29, 0.717) is 12.8 Å². The Bertz CT molecular complexity index is 596. The van der Waals surface area contributed by atoms with Crippen molar-refractivity contribution in [1.82, 2.24) is 5.32 Å². The van der Waals surface area contributed by atoms with Gasteiger partial charge in [-0.15, -0.1) is 0 Å². The minimum atomic E-state index is -3.03. The number of amides is 2. The summed E-state index contributed by atoms with van der Waals surface area (Å²) in [5.74, 6) is 0. The number of carbonyl (C=O) groups excluding carboxylic acids is 1. The highest BCUT2D eigenvalue weighted by atomic mass is 32.2. The summed E-state index contributed by atoms with van der Waals surface area (Å²) in [6, 6.07) is 7.18. The maximum absolute atomic E-state index is 12.0. The van der Waals surface area contributed by atoms with E-state index in [1.54, 1.807) is 0 Å². The van der Waals surface area contributed by atoms with Crippen molar-refractivity contribution in [3.05, 3.63) is 29.8 Å². The molecule has 2 amide bonds. The minimum Gasteiger partial charge on any atom is -0.335 e. The lowest BCUT2D eigenvalue weighted by atomic mass is 9.95. The Morgan fingerprint density at radius 1 is 1.19 bits per heavy atom. The predicted octanol–water partition coefficient (Wildman–Crippen LogP) is 2.47. The summed E-state index contributed by atoms with van der Waals surface area (Å²) >= 11 is 0. The molecule has 2 rings (SSSR count). The van der Waals surface area contributed by atoms with Gasteiger partial charge in [0.1, 0.15) is 9.84 Å². The molecular formula is C15H22N2O3S. The monoisotopic (exact) mass is 310 g/mol. The van der Waals surface area contributed by atoms with E-state index in [0.717, 1.165) is 24.1 Å². The molecule has 116 valence electrons. The van der Waals surface area contributed by atoms with Crippen molar-refractivity contribution in [3.63, 3.8) is 0 Å². The van der Waals surface area contributed by atoms with E-state index in [4.69, 9.17) is 0 Å². The fourth-order valence-electron chi connectivity index (χ4n) is 2.65. The van der Waals surface area contributed by atoms with E-state index in [2.05, 4.69) is 10.6 Å². The van der Waals surface area contributed by atoms with Crippen molar-refractivity contribution >= 4 is 21.6 Å². The SMILES string of the molecule is Cc1ccc(NC(=O)N[C@@H]2CCC[C@@H](S(C)(=O)=O)C2)cc1. The topological polar surface area (TPSA) is 75.3 Å². The van der Waals surface area contributed by atoms with Crippen LogP contribution in [-0.2, 0) is 9.84 Å². The lowest BCUT2D eigenvalue weighted by Gasteiger charge is -2.28. The van der Waals surface area contributed by atoms with Crippen LogP contribution in [0.1, 0.15) is 31.2 Å². The Morgan fingerprint density at radius 3 is 2.48 bits per heavy atom. The van der Waals surface area contributed by atoms with Crippen LogP contribution in [0.5, 0.6) is 0 Å². The van der Waals surface area contributed by atoms with Crippen molar-refractivity contribution < 1.29 is 13.2 Å². The first-order valence-electron chi connectivity index (χ1n) is 7.17. The number of benzene rings is 1. The summed E-state index contributed by atoms with van der Waals surface area (Å²) < 4.78 is 23.2. The Kier molecular flexibility index (Phi) is 4.88. The molecule has 0 bridgehead atoms. The second kappa shape index (κ2) is 6.47. The molecule has 1 saturated carbocycles. The molecule has 0 spiro atoms. The molecule has 0 heterocycles. The van der Waals surface area contributed by atoms with Crippen molar-refractivity contribution in [2.45, 2.75) is 43.9 Å². The molecule has 1 aliphatic rings. The zero-order chi connectivity index (χ0) is 15.5. The molecule has 0 aromatic heterocycles. The van der Waals surface area contributed by atoms with E-state index in [-0.39, 0.29) is 17.3 Å². The fraction of sp³-hybridized carbons (Fsp3) is 0.533. The van der Waals surface area contributed by atoms with Crippen LogP contribution >= 0.6 is 0 Å². The van der Waals surface area contributed by atoms with E-state index in [1.165, 1.54) is 6.26 Å². The van der Waals surface area contributed by atoms with Crippen molar-refractivity contribution in [2.75, 3.05) is 11.6 Å². The largest absolute Gasteiger partial charge is 0.335 e. The van der Waals surface area contributed by atoms with Crippen LogP contribution in [0.3, 0.4) is 0 Å². The van der Waals surface area contributed by atoms with Gasteiger partial charge in [-0.1, -0.05) is 24.1 Å². The lowest BCUT2D eigenvalue weighted by molar-refractivity contribution is 0.244. The van der Waals surface area contributed by atoms with Crippen LogP contribution in [0.2, 0.25) is 0 Å². The van der Waals surface area contributed by atoms with Crippen molar-refractivity contribution in [1.29, 1.82) is 0 Å². The summed E-state index contributed by atoms with van der Waals surface area (Å²) in [5, 5.41) is 5.30.